The van der Waals surface area contributed by atoms with Gasteiger partial charge in [-0.1, -0.05) is 337 Å². The Morgan fingerprint density at radius 2 is 0.489 bits per heavy atom. The van der Waals surface area contributed by atoms with E-state index in [9.17, 15) is 43.2 Å². The lowest BCUT2D eigenvalue weighted by Crippen LogP contribution is -2.30. The number of carbonyl (C=O) groups is 4. The number of hydrogen-bond acceptors (Lipinski definition) is 15. The highest BCUT2D eigenvalue weighted by Crippen LogP contribution is 2.45. The Labute approximate surface area is 575 Å². The van der Waals surface area contributed by atoms with Crippen LogP contribution in [0, 0.1) is 11.8 Å². The summed E-state index contributed by atoms with van der Waals surface area (Å²) < 4.78 is 68.4. The van der Waals surface area contributed by atoms with Crippen LogP contribution in [0.4, 0.5) is 0 Å². The number of phosphoric acid groups is 2. The first kappa shape index (κ1) is 92.1. The van der Waals surface area contributed by atoms with Gasteiger partial charge in [-0.25, -0.2) is 9.13 Å². The highest BCUT2D eigenvalue weighted by atomic mass is 31.2. The van der Waals surface area contributed by atoms with E-state index in [1.165, 1.54) is 193 Å². The minimum absolute atomic E-state index is 0.106. The lowest BCUT2D eigenvalue weighted by Gasteiger charge is -2.21. The third-order valence-corrected chi connectivity index (χ3v) is 19.4. The van der Waals surface area contributed by atoms with Crippen molar-refractivity contribution in [1.82, 2.24) is 0 Å². The molecule has 94 heavy (non-hydrogen) atoms. The van der Waals surface area contributed by atoms with Crippen molar-refractivity contribution in [2.75, 3.05) is 39.6 Å². The van der Waals surface area contributed by atoms with E-state index in [2.05, 4.69) is 41.5 Å². The van der Waals surface area contributed by atoms with Gasteiger partial charge in [-0.2, -0.15) is 0 Å². The number of rotatable bonds is 74. The molecule has 0 amide bonds. The fraction of sp³-hybridized carbons (Fsp3) is 0.947. The molecule has 0 rings (SSSR count). The van der Waals surface area contributed by atoms with Gasteiger partial charge in [0.05, 0.1) is 26.4 Å². The van der Waals surface area contributed by atoms with Crippen LogP contribution in [-0.2, 0) is 65.4 Å². The molecule has 0 fully saturated rings. The summed E-state index contributed by atoms with van der Waals surface area (Å²) in [6, 6.07) is 0. The normalized spacial score (nSPS) is 14.0. The first-order chi connectivity index (χ1) is 45.4. The van der Waals surface area contributed by atoms with Crippen molar-refractivity contribution in [3.8, 4) is 0 Å². The molecule has 0 aliphatic rings. The molecule has 0 radical (unpaired) electrons. The van der Waals surface area contributed by atoms with Crippen LogP contribution in [0.25, 0.3) is 0 Å². The van der Waals surface area contributed by atoms with Crippen LogP contribution in [0.2, 0.25) is 0 Å². The van der Waals surface area contributed by atoms with Gasteiger partial charge in [0, 0.05) is 25.7 Å². The summed E-state index contributed by atoms with van der Waals surface area (Å²) in [5.41, 5.74) is 0. The second-order valence-electron chi connectivity index (χ2n) is 28.0. The molecule has 0 aromatic heterocycles. The van der Waals surface area contributed by atoms with Gasteiger partial charge in [0.2, 0.25) is 0 Å². The lowest BCUT2D eigenvalue weighted by molar-refractivity contribution is -0.161. The second kappa shape index (κ2) is 66.9. The number of ether oxygens (including phenoxy) is 4. The van der Waals surface area contributed by atoms with E-state index in [1.807, 2.05) is 0 Å². The van der Waals surface area contributed by atoms with Gasteiger partial charge in [0.25, 0.3) is 0 Å². The average molecular weight is 1380 g/mol. The van der Waals surface area contributed by atoms with Crippen LogP contribution in [-0.4, -0.2) is 96.7 Å². The van der Waals surface area contributed by atoms with E-state index in [0.717, 1.165) is 115 Å². The molecule has 0 heterocycles. The molecule has 2 unspecified atom stereocenters. The minimum atomic E-state index is -4.96. The van der Waals surface area contributed by atoms with Crippen LogP contribution in [0.1, 0.15) is 388 Å². The second-order valence-corrected chi connectivity index (χ2v) is 30.9. The number of aliphatic hydroxyl groups excluding tert-OH is 1. The van der Waals surface area contributed by atoms with Crippen LogP contribution < -0.4 is 0 Å². The minimum Gasteiger partial charge on any atom is -0.462 e. The molecule has 0 spiro atoms. The van der Waals surface area contributed by atoms with Crippen LogP contribution >= 0.6 is 15.6 Å². The molecule has 0 saturated carbocycles. The van der Waals surface area contributed by atoms with Crippen LogP contribution in [0.5, 0.6) is 0 Å². The monoisotopic (exact) mass is 1380 g/mol. The summed E-state index contributed by atoms with van der Waals surface area (Å²) in [6.45, 7) is 9.55. The predicted molar refractivity (Wildman–Crippen MR) is 381 cm³/mol. The molecule has 0 aliphatic heterocycles. The number of unbranched alkanes of at least 4 members (excludes halogenated alkanes) is 44. The molecule has 0 aliphatic carbocycles. The molecule has 0 saturated heterocycles. The van der Waals surface area contributed by atoms with E-state index in [4.69, 9.17) is 37.0 Å². The van der Waals surface area contributed by atoms with E-state index >= 15 is 0 Å². The fourth-order valence-electron chi connectivity index (χ4n) is 11.5. The zero-order valence-electron chi connectivity index (χ0n) is 61.3. The lowest BCUT2D eigenvalue weighted by atomic mass is 10.0. The number of hydrogen-bond donors (Lipinski definition) is 3. The quantitative estimate of drug-likeness (QED) is 0.0222. The van der Waals surface area contributed by atoms with Crippen molar-refractivity contribution in [3.63, 3.8) is 0 Å². The number of phosphoric ester groups is 2. The van der Waals surface area contributed by atoms with Crippen molar-refractivity contribution in [2.45, 2.75) is 407 Å². The molecule has 19 heteroatoms. The van der Waals surface area contributed by atoms with Gasteiger partial charge in [0.15, 0.2) is 12.2 Å². The van der Waals surface area contributed by atoms with E-state index < -0.39 is 97.5 Å². The van der Waals surface area contributed by atoms with Gasteiger partial charge >= 0.3 is 39.5 Å². The Bertz CT molecular complexity index is 1820. The topological polar surface area (TPSA) is 237 Å². The third-order valence-electron chi connectivity index (χ3n) is 17.5. The molecule has 0 bridgehead atoms. The predicted octanol–water partition coefficient (Wildman–Crippen LogP) is 21.9. The number of aliphatic hydroxyl groups is 1. The summed E-state index contributed by atoms with van der Waals surface area (Å²) in [5.74, 6) is -0.587. The van der Waals surface area contributed by atoms with Crippen molar-refractivity contribution in [3.05, 3.63) is 0 Å². The van der Waals surface area contributed by atoms with Crippen LogP contribution in [0.15, 0.2) is 0 Å². The highest BCUT2D eigenvalue weighted by Gasteiger charge is 2.30. The molecule has 558 valence electrons. The molecular formula is C75H146O17P2. The summed E-state index contributed by atoms with van der Waals surface area (Å²) in [5, 5.41) is 10.6. The van der Waals surface area contributed by atoms with Crippen molar-refractivity contribution in [2.24, 2.45) is 11.8 Å². The van der Waals surface area contributed by atoms with Gasteiger partial charge in [-0.15, -0.1) is 0 Å². The SMILES string of the molecule is CCCCCCCCCCCCCCCCCCCCCC(=O)O[C@H](COC(=O)CCCCCCCCCCCCCCC(C)C)COP(=O)(O)OC[C@@H](O)COP(=O)(O)OC[C@@H](COC(=O)CCCCCCCCC)OC(=O)CCCCCCCCCCCCC(C)C. The molecule has 5 atom stereocenters. The summed E-state index contributed by atoms with van der Waals surface area (Å²) in [7, 11) is -9.90. The Morgan fingerprint density at radius 3 is 0.723 bits per heavy atom. The molecule has 0 aromatic carbocycles. The summed E-state index contributed by atoms with van der Waals surface area (Å²) in [6.07, 6.45) is 54.3. The third kappa shape index (κ3) is 68.6. The van der Waals surface area contributed by atoms with E-state index in [-0.39, 0.29) is 25.7 Å². The molecule has 0 aromatic rings. The van der Waals surface area contributed by atoms with Crippen molar-refractivity contribution >= 4 is 39.5 Å². The Morgan fingerprint density at radius 1 is 0.287 bits per heavy atom. The van der Waals surface area contributed by atoms with E-state index in [0.29, 0.717) is 25.7 Å². The van der Waals surface area contributed by atoms with Gasteiger partial charge < -0.3 is 33.8 Å². The Hall–Kier alpha value is -1.94. The number of esters is 4. The fourth-order valence-corrected chi connectivity index (χ4v) is 13.1. The van der Waals surface area contributed by atoms with Gasteiger partial charge in [-0.05, 0) is 37.5 Å². The van der Waals surface area contributed by atoms with Gasteiger partial charge in [-0.3, -0.25) is 37.3 Å². The Balaban J connectivity index is 5.19. The largest absolute Gasteiger partial charge is 0.472 e. The maximum Gasteiger partial charge on any atom is 0.472 e. The van der Waals surface area contributed by atoms with E-state index in [1.54, 1.807) is 0 Å². The van der Waals surface area contributed by atoms with Crippen molar-refractivity contribution in [1.29, 1.82) is 0 Å². The smallest absolute Gasteiger partial charge is 0.462 e. The maximum absolute atomic E-state index is 13.1. The standard InChI is InChI=1S/C75H146O17P2/c1-7-9-11-13-15-16-17-18-19-20-21-22-23-24-29-35-41-47-53-59-74(79)92-71(64-86-73(78)58-52-46-40-34-28-26-25-27-32-38-43-49-55-67(3)4)66-90-94(83,84)88-62-69(76)61-87-93(81,82)89-65-70(63-85-72(77)57-51-45-37-14-12-10-8-2)91-75(80)60-54-48-42-36-31-30-33-39-44-50-56-68(5)6/h67-71,76H,7-66H2,1-6H3,(H,81,82)(H,83,84)/t69-,70+,71+/m0/s1. The highest BCUT2D eigenvalue weighted by molar-refractivity contribution is 7.47. The zero-order valence-corrected chi connectivity index (χ0v) is 63.1. The van der Waals surface area contributed by atoms with Crippen LogP contribution in [0.3, 0.4) is 0 Å². The zero-order chi connectivity index (χ0) is 69.3. The summed E-state index contributed by atoms with van der Waals surface area (Å²) in [4.78, 5) is 72.6. The summed E-state index contributed by atoms with van der Waals surface area (Å²) >= 11 is 0. The van der Waals surface area contributed by atoms with Gasteiger partial charge in [0.1, 0.15) is 19.3 Å². The van der Waals surface area contributed by atoms with Crippen molar-refractivity contribution < 1.29 is 80.2 Å². The molecule has 17 nitrogen and oxygen atoms in total. The average Bonchev–Trinajstić information content (AvgIpc) is 2.98. The molecule has 3 N–H and O–H groups in total. The first-order valence-electron chi connectivity index (χ1n) is 39.0. The maximum atomic E-state index is 13.1. The molecular weight excluding hydrogens is 1230 g/mol. The Kier molecular flexibility index (Phi) is 65.5. The first-order valence-corrected chi connectivity index (χ1v) is 42.0. The number of carbonyl (C=O) groups excluding carboxylic acids is 4.